The molecule has 0 radical (unpaired) electrons. The number of nitrogens with one attached hydrogen (secondary N) is 1. The minimum Gasteiger partial charge on any atom is -0.850 e. The van der Waals surface area contributed by atoms with Crippen LogP contribution >= 0.6 is 19.5 Å². The minimum absolute atomic E-state index is 0. The van der Waals surface area contributed by atoms with E-state index in [1.165, 1.54) is 115 Å². The molecule has 2 saturated carbocycles. The molecular formula is C122H101ClN8NaO6P. The zero-order chi connectivity index (χ0) is 93.3. The summed E-state index contributed by atoms with van der Waals surface area (Å²) in [6, 6.07) is 130. The molecule has 8 aromatic heterocycles. The number of rotatable bonds is 14. The van der Waals surface area contributed by atoms with Gasteiger partial charge in [0.25, 0.3) is 0 Å². The van der Waals surface area contributed by atoms with Crippen molar-refractivity contribution < 1.29 is 57.1 Å². The molecule has 14 nitrogen and oxygen atoms in total. The van der Waals surface area contributed by atoms with Crippen LogP contribution in [0.1, 0.15) is 90.5 Å². The molecule has 0 atom stereocenters. The second-order valence-electron chi connectivity index (χ2n) is 36.7. The first kappa shape index (κ1) is 91.0. The van der Waals surface area contributed by atoms with Crippen molar-refractivity contribution in [2.24, 2.45) is 0 Å². The standard InChI is InChI=1S/C46H28N4O2.C36H24N2O.C26H35OP.C10H5ClN2O.C4H9O.Na/c1-2-10-31(11-3-1)49(33-23-25-43-38(27-33)35-13-5-8-16-41(35)51-43)32-21-18-29(19-22-32)30-20-24-40-37(26-30)34-12-4-7-15-39(34)50(40)46-45-44(47-28-48-46)36-14-6-9-17-42(36)52-45;1-2-8-26(9-3-1)38(28-19-21-36-32(23-28)30-11-5-7-13-35(30)39-36)27-17-14-24(15-18-27)25-16-20-34-31(22-25)29-10-4-6-12-33(29)37-34;1-20-12-11-18-24(27-2)26(20)23-17-9-10-19-25(23)28(21-13-5-3-6-14-21)22-15-7-4-8-16-22;11-10-9-8(12-5-13-10)6-3-1-2-4-7(6)14-9;1-4(2,3)5;/h1-28H;1-23,37H;9-12,17-19,21-22H,3-8,13-16H2,1-2H3;1-5H;1-3H3;/q;;;;-1;+1. The molecule has 2 aliphatic rings. The molecule has 0 bridgehead atoms. The van der Waals surface area contributed by atoms with Crippen LogP contribution in [0.4, 0.5) is 34.1 Å². The number of halogens is 1. The van der Waals surface area contributed by atoms with Gasteiger partial charge in [-0.25, -0.2) is 19.9 Å². The van der Waals surface area contributed by atoms with Gasteiger partial charge in [0, 0.05) is 105 Å². The van der Waals surface area contributed by atoms with Gasteiger partial charge in [-0.1, -0.05) is 285 Å². The topological polar surface area (TPSA) is 164 Å². The number of ether oxygens (including phenoxy) is 1. The maximum Gasteiger partial charge on any atom is 1.00 e. The van der Waals surface area contributed by atoms with E-state index < -0.39 is 5.60 Å². The number of methoxy groups -OCH3 is 1. The summed E-state index contributed by atoms with van der Waals surface area (Å²) in [4.78, 5) is 25.5. The van der Waals surface area contributed by atoms with Gasteiger partial charge in [-0.3, -0.25) is 4.57 Å². The van der Waals surface area contributed by atoms with Crippen LogP contribution in [-0.4, -0.2) is 53.5 Å². The van der Waals surface area contributed by atoms with E-state index in [9.17, 15) is 5.11 Å². The molecule has 0 aliphatic heterocycles. The van der Waals surface area contributed by atoms with Gasteiger partial charge >= 0.3 is 29.6 Å². The normalized spacial score (nSPS) is 13.1. The van der Waals surface area contributed by atoms with Crippen molar-refractivity contribution in [3.8, 4) is 44.9 Å². The van der Waals surface area contributed by atoms with Crippen molar-refractivity contribution in [3.05, 3.63) is 393 Å². The van der Waals surface area contributed by atoms with Crippen LogP contribution in [0, 0.1) is 6.92 Å². The molecule has 0 spiro atoms. The summed E-state index contributed by atoms with van der Waals surface area (Å²) in [7, 11) is 1.69. The summed E-state index contributed by atoms with van der Waals surface area (Å²) in [5.74, 6) is 1.75. The number of hydrogen-bond donors (Lipinski definition) is 1. The van der Waals surface area contributed by atoms with Crippen molar-refractivity contribution in [3.63, 3.8) is 0 Å². The molecule has 678 valence electrons. The van der Waals surface area contributed by atoms with Gasteiger partial charge in [-0.2, -0.15) is 0 Å². The van der Waals surface area contributed by atoms with E-state index in [2.05, 4.69) is 338 Å². The molecule has 8 heterocycles. The van der Waals surface area contributed by atoms with E-state index in [0.29, 0.717) is 16.3 Å². The van der Waals surface area contributed by atoms with E-state index in [1.807, 2.05) is 79.9 Å². The van der Waals surface area contributed by atoms with Crippen LogP contribution in [0.3, 0.4) is 0 Å². The second-order valence-corrected chi connectivity index (χ2v) is 39.8. The molecule has 24 aromatic rings. The van der Waals surface area contributed by atoms with Crippen molar-refractivity contribution in [2.45, 2.75) is 109 Å². The second kappa shape index (κ2) is 39.9. The van der Waals surface area contributed by atoms with Crippen LogP contribution < -0.4 is 54.5 Å². The number of aryl methyl sites for hydroxylation is 1. The number of para-hydroxylation sites is 8. The van der Waals surface area contributed by atoms with E-state index in [0.717, 1.165) is 172 Å². The fourth-order valence-corrected chi connectivity index (χ4v) is 24.5. The Hall–Kier alpha value is -14.4. The number of aromatic amines is 1. The largest absolute Gasteiger partial charge is 1.00 e. The third-order valence-electron chi connectivity index (χ3n) is 26.7. The molecular weight excluding hydrogens is 1760 g/mol. The van der Waals surface area contributed by atoms with Gasteiger partial charge in [0.15, 0.2) is 22.1 Å². The molecule has 17 heteroatoms. The van der Waals surface area contributed by atoms with Crippen molar-refractivity contribution in [1.82, 2.24) is 29.5 Å². The smallest absolute Gasteiger partial charge is 0.850 e. The summed E-state index contributed by atoms with van der Waals surface area (Å²) < 4.78 is 32.2. The zero-order valence-corrected chi connectivity index (χ0v) is 82.2. The van der Waals surface area contributed by atoms with Crippen molar-refractivity contribution in [2.75, 3.05) is 16.9 Å². The Labute approximate surface area is 834 Å². The van der Waals surface area contributed by atoms with Crippen LogP contribution in [0.5, 0.6) is 5.75 Å². The van der Waals surface area contributed by atoms with Gasteiger partial charge < -0.3 is 42.3 Å². The average molecular weight is 1860 g/mol. The average Bonchev–Trinajstić information content (AvgIpc) is 1.47. The first-order valence-electron chi connectivity index (χ1n) is 47.7. The first-order valence-corrected chi connectivity index (χ1v) is 49.5. The molecule has 0 unspecified atom stereocenters. The molecule has 16 aromatic carbocycles. The number of benzene rings is 16. The minimum atomic E-state index is -0.750. The number of nitrogens with zero attached hydrogens (tertiary/aromatic N) is 7. The summed E-state index contributed by atoms with van der Waals surface area (Å²) in [6.07, 6.45) is 17.5. The van der Waals surface area contributed by atoms with Crippen molar-refractivity contribution in [1.29, 1.82) is 0 Å². The van der Waals surface area contributed by atoms with E-state index in [4.69, 9.17) is 39.0 Å². The zero-order valence-electron chi connectivity index (χ0n) is 78.5. The summed E-state index contributed by atoms with van der Waals surface area (Å²) in [6.45, 7) is 7.13. The predicted octanol–water partition coefficient (Wildman–Crippen LogP) is 30.5. The van der Waals surface area contributed by atoms with Gasteiger partial charge in [0.2, 0.25) is 0 Å². The quantitative estimate of drug-likeness (QED) is 0.0624. The number of hydrogen-bond acceptors (Lipinski definition) is 12. The number of furan rings is 4. The van der Waals surface area contributed by atoms with E-state index in [-0.39, 0.29) is 37.5 Å². The fraction of sp³-hybridized carbons (Fsp3) is 0.148. The molecule has 0 amide bonds. The predicted molar refractivity (Wildman–Crippen MR) is 572 cm³/mol. The molecule has 139 heavy (non-hydrogen) atoms. The number of anilines is 6. The van der Waals surface area contributed by atoms with E-state index >= 15 is 0 Å². The van der Waals surface area contributed by atoms with Crippen LogP contribution in [-0.2, 0) is 0 Å². The summed E-state index contributed by atoms with van der Waals surface area (Å²) in [5, 5.41) is 23.3. The summed E-state index contributed by atoms with van der Waals surface area (Å²) in [5.41, 5.74) is 28.8. The molecule has 0 saturated heterocycles. The third-order valence-corrected chi connectivity index (χ3v) is 30.5. The number of H-pyrrole nitrogens is 1. The van der Waals surface area contributed by atoms with Gasteiger partial charge in [0.1, 0.15) is 62.9 Å². The molecule has 2 aliphatic carbocycles. The van der Waals surface area contributed by atoms with Crippen LogP contribution in [0.15, 0.2) is 400 Å². The Bertz CT molecular complexity index is 8520. The monoisotopic (exact) mass is 1860 g/mol. The van der Waals surface area contributed by atoms with Gasteiger partial charge in [-0.15, -0.1) is 5.60 Å². The molecule has 26 rings (SSSR count). The Morgan fingerprint density at radius 1 is 0.367 bits per heavy atom. The maximum atomic E-state index is 10.1. The first-order chi connectivity index (χ1) is 67.7. The molecule has 1 N–H and O–H groups in total. The molecule has 2 fully saturated rings. The van der Waals surface area contributed by atoms with Crippen molar-refractivity contribution >= 4 is 191 Å². The number of aromatic nitrogens is 6. The third kappa shape index (κ3) is 18.5. The fourth-order valence-electron chi connectivity index (χ4n) is 20.4. The van der Waals surface area contributed by atoms with Gasteiger partial charge in [-0.05, 0) is 246 Å². The SMILES string of the molecule is CC(C)(C)[O-].COc1cccc(C)c1-c1ccccc1P(C1CCCCC1)C1CCCCC1.Clc1ncnc2c1oc1ccccc12.[Na+].c1ccc(N(c2ccc(-c3ccc4[nH]c5ccccc5c4c3)cc2)c2ccc3oc4ccccc4c3c2)cc1.c1ccc(N(c2ccc(-c3ccc4c(c3)c3ccccc3n4-c3ncnc4c3oc3ccccc34)cc2)c2ccc3oc4ccccc4c3c2)cc1. The van der Waals surface area contributed by atoms with Crippen LogP contribution in [0.2, 0.25) is 5.15 Å². The Morgan fingerprint density at radius 2 is 0.784 bits per heavy atom. The summed E-state index contributed by atoms with van der Waals surface area (Å²) >= 11 is 5.88. The van der Waals surface area contributed by atoms with Gasteiger partial charge in [0.05, 0.1) is 18.1 Å². The Balaban J connectivity index is 0.000000116. The Morgan fingerprint density at radius 3 is 1.35 bits per heavy atom. The number of fused-ring (bicyclic) bond motifs is 18. The maximum absolute atomic E-state index is 10.1. The van der Waals surface area contributed by atoms with E-state index in [1.54, 1.807) is 32.4 Å². The van der Waals surface area contributed by atoms with Crippen LogP contribution in [0.25, 0.3) is 171 Å². The Kier molecular flexibility index (Phi) is 26.1.